The van der Waals surface area contributed by atoms with Gasteiger partial charge >= 0.3 is 12.1 Å². The molecule has 2 atom stereocenters. The Morgan fingerprint density at radius 3 is 2.36 bits per heavy atom. The zero-order chi connectivity index (χ0) is 21.1. The number of likely N-dealkylation sites (tertiary alicyclic amines) is 1. The Bertz CT molecular complexity index is 711. The number of rotatable bonds is 4. The highest BCUT2D eigenvalue weighted by Crippen LogP contribution is 2.36. The van der Waals surface area contributed by atoms with Crippen LogP contribution in [0.1, 0.15) is 48.0 Å². The number of benzene rings is 1. The van der Waals surface area contributed by atoms with Crippen molar-refractivity contribution in [3.05, 3.63) is 28.7 Å². The summed E-state index contributed by atoms with van der Waals surface area (Å²) in [6, 6.07) is 7.86. The van der Waals surface area contributed by atoms with Crippen LogP contribution in [-0.4, -0.2) is 46.5 Å². The number of hydrogen-bond acceptors (Lipinski definition) is 5. The number of ether oxygens (including phenoxy) is 2. The van der Waals surface area contributed by atoms with Gasteiger partial charge in [-0.1, -0.05) is 22.0 Å². The van der Waals surface area contributed by atoms with Gasteiger partial charge in [0, 0.05) is 28.4 Å². The lowest BCUT2D eigenvalue weighted by Crippen LogP contribution is -2.38. The lowest BCUT2D eigenvalue weighted by atomic mass is 10.0. The minimum atomic E-state index is -0.559. The summed E-state index contributed by atoms with van der Waals surface area (Å²) in [5.74, 6) is -0.236. The summed E-state index contributed by atoms with van der Waals surface area (Å²) in [5.41, 5.74) is -1.10. The molecule has 1 heterocycles. The zero-order valence-corrected chi connectivity index (χ0v) is 19.9. The lowest BCUT2D eigenvalue weighted by Gasteiger charge is -2.28. The average molecular weight is 472 g/mol. The van der Waals surface area contributed by atoms with E-state index >= 15 is 0 Å². The molecule has 1 saturated heterocycles. The minimum Gasteiger partial charge on any atom is -0.459 e. The van der Waals surface area contributed by atoms with Crippen molar-refractivity contribution < 1.29 is 19.1 Å². The molecular formula is C21H30BrNO4S. The van der Waals surface area contributed by atoms with E-state index in [1.54, 1.807) is 4.90 Å². The van der Waals surface area contributed by atoms with Gasteiger partial charge in [-0.05, 0) is 66.2 Å². The maximum Gasteiger partial charge on any atom is 0.410 e. The second-order valence-electron chi connectivity index (χ2n) is 9.00. The zero-order valence-electron chi connectivity index (χ0n) is 17.5. The number of amides is 1. The number of carbonyl (C=O) groups excluding carboxylic acids is 2. The summed E-state index contributed by atoms with van der Waals surface area (Å²) in [6.45, 7) is 12.2. The van der Waals surface area contributed by atoms with Gasteiger partial charge in [-0.15, -0.1) is 11.8 Å². The van der Waals surface area contributed by atoms with Crippen molar-refractivity contribution in [2.24, 2.45) is 5.92 Å². The second-order valence-corrected chi connectivity index (χ2v) is 11.1. The quantitative estimate of drug-likeness (QED) is 0.427. The fraction of sp³-hybridized carbons (Fsp3) is 0.619. The van der Waals surface area contributed by atoms with Crippen molar-refractivity contribution in [1.29, 1.82) is 0 Å². The van der Waals surface area contributed by atoms with Crippen LogP contribution in [0, 0.1) is 5.92 Å². The van der Waals surface area contributed by atoms with Gasteiger partial charge in [-0.25, -0.2) is 4.79 Å². The summed E-state index contributed by atoms with van der Waals surface area (Å²) < 4.78 is 12.1. The van der Waals surface area contributed by atoms with Crippen LogP contribution >= 0.6 is 27.7 Å². The van der Waals surface area contributed by atoms with E-state index in [1.165, 1.54) is 11.8 Å². The van der Waals surface area contributed by atoms with E-state index < -0.39 is 11.2 Å². The summed E-state index contributed by atoms with van der Waals surface area (Å²) in [6.07, 6.45) is 0.412. The van der Waals surface area contributed by atoms with Crippen LogP contribution in [0.4, 0.5) is 4.79 Å². The van der Waals surface area contributed by atoms with E-state index in [0.717, 1.165) is 15.8 Å². The summed E-state index contributed by atoms with van der Waals surface area (Å²) in [5, 5.41) is -0.388. The van der Waals surface area contributed by atoms with Gasteiger partial charge in [-0.3, -0.25) is 4.79 Å². The van der Waals surface area contributed by atoms with E-state index in [0.29, 0.717) is 13.1 Å². The standard InChI is InChI=1S/C21H30BrNO4S/c1-20(2,3)26-18(24)17(28-16-9-7-8-15(22)12-16)14-10-11-23(13-14)19(25)27-21(4,5)6/h7-9,12,14,17H,10-11,13H2,1-6H3/t14-,17?/m0/s1. The van der Waals surface area contributed by atoms with Crippen LogP contribution in [0.25, 0.3) is 0 Å². The van der Waals surface area contributed by atoms with Gasteiger partial charge in [-0.2, -0.15) is 0 Å². The molecule has 1 aliphatic heterocycles. The average Bonchev–Trinajstić information content (AvgIpc) is 2.99. The first-order valence-electron chi connectivity index (χ1n) is 9.47. The monoisotopic (exact) mass is 471 g/mol. The lowest BCUT2D eigenvalue weighted by molar-refractivity contribution is -0.155. The highest BCUT2D eigenvalue weighted by molar-refractivity contribution is 9.10. The maximum atomic E-state index is 13.0. The molecule has 1 aromatic carbocycles. The predicted molar refractivity (Wildman–Crippen MR) is 116 cm³/mol. The predicted octanol–water partition coefficient (Wildman–Crippen LogP) is 5.51. The maximum absolute atomic E-state index is 13.0. The van der Waals surface area contributed by atoms with Crippen LogP contribution in [0.2, 0.25) is 0 Å². The van der Waals surface area contributed by atoms with Crippen LogP contribution in [0.3, 0.4) is 0 Å². The molecule has 0 spiro atoms. The van der Waals surface area contributed by atoms with Crippen molar-refractivity contribution >= 4 is 39.8 Å². The normalized spacial score (nSPS) is 18.7. The molecule has 0 N–H and O–H groups in total. The largest absolute Gasteiger partial charge is 0.459 e. The first kappa shape index (κ1) is 23.1. The Morgan fingerprint density at radius 1 is 1.14 bits per heavy atom. The van der Waals surface area contributed by atoms with Crippen molar-refractivity contribution in [3.8, 4) is 0 Å². The van der Waals surface area contributed by atoms with Gasteiger partial charge in [0.05, 0.1) is 0 Å². The first-order valence-corrected chi connectivity index (χ1v) is 11.1. The highest BCUT2D eigenvalue weighted by Gasteiger charge is 2.39. The Hall–Kier alpha value is -1.21. The van der Waals surface area contributed by atoms with Crippen LogP contribution in [-0.2, 0) is 14.3 Å². The van der Waals surface area contributed by atoms with E-state index in [4.69, 9.17) is 9.47 Å². The third-order valence-corrected chi connectivity index (χ3v) is 5.85. The third kappa shape index (κ3) is 7.32. The molecular weight excluding hydrogens is 442 g/mol. The molecule has 0 radical (unpaired) electrons. The molecule has 7 heteroatoms. The van der Waals surface area contributed by atoms with E-state index in [-0.39, 0.29) is 23.2 Å². The van der Waals surface area contributed by atoms with E-state index in [1.807, 2.05) is 65.8 Å². The molecule has 28 heavy (non-hydrogen) atoms. The number of carbonyl (C=O) groups is 2. The van der Waals surface area contributed by atoms with Crippen LogP contribution < -0.4 is 0 Å². The molecule has 1 aliphatic rings. The summed E-state index contributed by atoms with van der Waals surface area (Å²) in [4.78, 5) is 28.0. The van der Waals surface area contributed by atoms with Gasteiger partial charge < -0.3 is 14.4 Å². The fourth-order valence-corrected chi connectivity index (χ4v) is 4.67. The molecule has 1 fully saturated rings. The summed E-state index contributed by atoms with van der Waals surface area (Å²) in [7, 11) is 0. The molecule has 0 aromatic heterocycles. The highest BCUT2D eigenvalue weighted by atomic mass is 79.9. The Labute approximate surface area is 180 Å². The molecule has 1 unspecified atom stereocenters. The number of nitrogens with zero attached hydrogens (tertiary/aromatic N) is 1. The topological polar surface area (TPSA) is 55.8 Å². The van der Waals surface area contributed by atoms with Crippen molar-refractivity contribution in [3.63, 3.8) is 0 Å². The Kier molecular flexibility index (Phi) is 7.48. The Balaban J connectivity index is 2.15. The number of halogens is 1. The SMILES string of the molecule is CC(C)(C)OC(=O)C(Sc1cccc(Br)c1)[C@H]1CCN(C(=O)OC(C)(C)C)C1. The molecule has 1 amide bonds. The van der Waals surface area contributed by atoms with Crippen molar-refractivity contribution in [1.82, 2.24) is 4.90 Å². The first-order chi connectivity index (χ1) is 12.8. The molecule has 1 aromatic rings. The molecule has 156 valence electrons. The van der Waals surface area contributed by atoms with Crippen LogP contribution in [0.15, 0.2) is 33.6 Å². The number of thioether (sulfide) groups is 1. The molecule has 0 bridgehead atoms. The molecule has 0 aliphatic carbocycles. The second kappa shape index (κ2) is 9.08. The molecule has 2 rings (SSSR count). The fourth-order valence-electron chi connectivity index (χ4n) is 2.91. The smallest absolute Gasteiger partial charge is 0.410 e. The molecule has 0 saturated carbocycles. The van der Waals surface area contributed by atoms with Crippen molar-refractivity contribution in [2.75, 3.05) is 13.1 Å². The Morgan fingerprint density at radius 2 is 1.79 bits per heavy atom. The van der Waals surface area contributed by atoms with Crippen LogP contribution in [0.5, 0.6) is 0 Å². The van der Waals surface area contributed by atoms with Crippen molar-refractivity contribution in [2.45, 2.75) is 69.3 Å². The summed E-state index contributed by atoms with van der Waals surface area (Å²) >= 11 is 4.97. The van der Waals surface area contributed by atoms with Gasteiger partial charge in [0.2, 0.25) is 0 Å². The number of hydrogen-bond donors (Lipinski definition) is 0. The van der Waals surface area contributed by atoms with Gasteiger partial charge in [0.25, 0.3) is 0 Å². The van der Waals surface area contributed by atoms with Gasteiger partial charge in [0.1, 0.15) is 16.5 Å². The third-order valence-electron chi connectivity index (χ3n) is 4.00. The van der Waals surface area contributed by atoms with E-state index in [9.17, 15) is 9.59 Å². The van der Waals surface area contributed by atoms with Gasteiger partial charge in [0.15, 0.2) is 0 Å². The molecule has 5 nitrogen and oxygen atoms in total. The minimum absolute atomic E-state index is 0.00588. The number of esters is 1. The van der Waals surface area contributed by atoms with E-state index in [2.05, 4.69) is 15.9 Å².